The lowest BCUT2D eigenvalue weighted by Gasteiger charge is -2.17. The van der Waals surface area contributed by atoms with Crippen LogP contribution >= 0.6 is 0 Å². The van der Waals surface area contributed by atoms with Gasteiger partial charge in [-0.3, -0.25) is 14.7 Å². The Morgan fingerprint density at radius 1 is 1.23 bits per heavy atom. The second-order valence-electron chi connectivity index (χ2n) is 8.20. The van der Waals surface area contributed by atoms with Gasteiger partial charge in [-0.2, -0.15) is 0 Å². The fraction of sp³-hybridized carbons (Fsp3) is 0.381. The van der Waals surface area contributed by atoms with Gasteiger partial charge in [-0.05, 0) is 24.8 Å². The number of rotatable bonds is 3. The molecule has 1 N–H and O–H groups in total. The van der Waals surface area contributed by atoms with E-state index in [0.717, 1.165) is 16.8 Å². The molecule has 156 valence electrons. The second kappa shape index (κ2) is 6.80. The number of aromatic nitrogens is 3. The summed E-state index contributed by atoms with van der Waals surface area (Å²) < 4.78 is 24.8. The number of aryl methyl sites for hydroxylation is 1. The standard InChI is InChI=1S/C21H22N4O4S/c1-13-19(15-5-3-2-4-6-15)20-22-17-11-24(10-16(17)21(27)25(20)23-13)18(26)9-14-7-8-30(28,29)12-14/h2-6,14,23H,7-12H2,1H3. The molecular weight excluding hydrogens is 404 g/mol. The first-order valence-electron chi connectivity index (χ1n) is 9.99. The molecule has 5 rings (SSSR count). The molecular formula is C21H22N4O4S. The molecule has 1 unspecified atom stereocenters. The summed E-state index contributed by atoms with van der Waals surface area (Å²) in [6.07, 6.45) is 0.722. The van der Waals surface area contributed by atoms with Gasteiger partial charge < -0.3 is 4.90 Å². The average Bonchev–Trinajstić information content (AvgIpc) is 3.38. The van der Waals surface area contributed by atoms with Gasteiger partial charge in [0.1, 0.15) is 0 Å². The number of sulfone groups is 1. The number of hydrogen-bond acceptors (Lipinski definition) is 5. The Morgan fingerprint density at radius 3 is 2.70 bits per heavy atom. The van der Waals surface area contributed by atoms with Gasteiger partial charge in [-0.1, -0.05) is 30.3 Å². The zero-order valence-corrected chi connectivity index (χ0v) is 17.4. The average molecular weight is 426 g/mol. The molecule has 30 heavy (non-hydrogen) atoms. The van der Waals surface area contributed by atoms with E-state index >= 15 is 0 Å². The highest BCUT2D eigenvalue weighted by Gasteiger charge is 2.34. The summed E-state index contributed by atoms with van der Waals surface area (Å²) >= 11 is 0. The van der Waals surface area contributed by atoms with Crippen LogP contribution < -0.4 is 5.56 Å². The number of amides is 1. The number of fused-ring (bicyclic) bond motifs is 2. The summed E-state index contributed by atoms with van der Waals surface area (Å²) in [7, 11) is -3.02. The van der Waals surface area contributed by atoms with Crippen LogP contribution in [0.5, 0.6) is 0 Å². The van der Waals surface area contributed by atoms with Crippen LogP contribution in [-0.2, 0) is 27.7 Å². The maximum atomic E-state index is 13.1. The van der Waals surface area contributed by atoms with E-state index in [9.17, 15) is 18.0 Å². The number of carbonyl (C=O) groups excluding carboxylic acids is 1. The first-order valence-corrected chi connectivity index (χ1v) is 11.8. The Bertz CT molecular complexity index is 1320. The van der Waals surface area contributed by atoms with Gasteiger partial charge in [-0.25, -0.2) is 17.9 Å². The molecule has 0 bridgehead atoms. The molecule has 1 saturated heterocycles. The van der Waals surface area contributed by atoms with Gasteiger partial charge in [-0.15, -0.1) is 0 Å². The van der Waals surface area contributed by atoms with E-state index in [4.69, 9.17) is 4.98 Å². The molecule has 0 spiro atoms. The lowest BCUT2D eigenvalue weighted by atomic mass is 10.0. The summed E-state index contributed by atoms with van der Waals surface area (Å²) in [6.45, 7) is 2.39. The Labute approximate surface area is 173 Å². The Morgan fingerprint density at radius 2 is 2.00 bits per heavy atom. The van der Waals surface area contributed by atoms with Crippen molar-refractivity contribution in [2.75, 3.05) is 11.5 Å². The minimum absolute atomic E-state index is 0.0726. The molecule has 0 radical (unpaired) electrons. The number of benzene rings is 1. The molecule has 4 heterocycles. The van der Waals surface area contributed by atoms with E-state index in [2.05, 4.69) is 5.10 Å². The molecule has 2 aliphatic rings. The molecule has 1 aromatic carbocycles. The summed E-state index contributed by atoms with van der Waals surface area (Å²) in [6, 6.07) is 9.76. The fourth-order valence-electron chi connectivity index (χ4n) is 4.52. The SMILES string of the molecule is Cc1[nH]n2c(=O)c3c(nc2c1-c1ccccc1)CN(C(=O)CC1CCS(=O)(=O)C1)C3. The van der Waals surface area contributed by atoms with Crippen LogP contribution in [-0.4, -0.2) is 45.3 Å². The van der Waals surface area contributed by atoms with Crippen molar-refractivity contribution in [1.29, 1.82) is 0 Å². The molecule has 3 aromatic rings. The van der Waals surface area contributed by atoms with Gasteiger partial charge in [0.25, 0.3) is 5.56 Å². The first kappa shape index (κ1) is 19.0. The predicted molar refractivity (Wildman–Crippen MR) is 112 cm³/mol. The number of carbonyl (C=O) groups is 1. The van der Waals surface area contributed by atoms with Gasteiger partial charge in [0.05, 0.1) is 35.9 Å². The number of aromatic amines is 1. The van der Waals surface area contributed by atoms with Gasteiger partial charge >= 0.3 is 0 Å². The topological polar surface area (TPSA) is 105 Å². The molecule has 2 aliphatic heterocycles. The minimum atomic E-state index is -3.02. The second-order valence-corrected chi connectivity index (χ2v) is 10.4. The van der Waals surface area contributed by atoms with Crippen LogP contribution in [0.3, 0.4) is 0 Å². The molecule has 1 atom stereocenters. The minimum Gasteiger partial charge on any atom is -0.332 e. The molecule has 0 aliphatic carbocycles. The van der Waals surface area contributed by atoms with Crippen molar-refractivity contribution in [2.24, 2.45) is 5.92 Å². The molecule has 1 amide bonds. The lowest BCUT2D eigenvalue weighted by molar-refractivity contribution is -0.132. The van der Waals surface area contributed by atoms with Crippen LogP contribution in [0.2, 0.25) is 0 Å². The number of hydrogen-bond donors (Lipinski definition) is 1. The van der Waals surface area contributed by atoms with Crippen molar-refractivity contribution >= 4 is 21.4 Å². The monoisotopic (exact) mass is 426 g/mol. The lowest BCUT2D eigenvalue weighted by Crippen LogP contribution is -2.28. The van der Waals surface area contributed by atoms with E-state index in [0.29, 0.717) is 23.3 Å². The number of nitrogens with one attached hydrogen (secondary N) is 1. The molecule has 9 heteroatoms. The van der Waals surface area contributed by atoms with Crippen LogP contribution in [0.15, 0.2) is 35.1 Å². The van der Waals surface area contributed by atoms with Crippen LogP contribution in [0, 0.1) is 12.8 Å². The molecule has 2 aromatic heterocycles. The maximum absolute atomic E-state index is 13.1. The molecule has 1 fully saturated rings. The van der Waals surface area contributed by atoms with Crippen molar-refractivity contribution in [3.8, 4) is 11.1 Å². The molecule has 0 saturated carbocycles. The Kier molecular flexibility index (Phi) is 4.32. The zero-order valence-electron chi connectivity index (χ0n) is 16.6. The van der Waals surface area contributed by atoms with Crippen molar-refractivity contribution in [3.05, 3.63) is 57.6 Å². The van der Waals surface area contributed by atoms with Crippen LogP contribution in [0.1, 0.15) is 29.8 Å². The fourth-order valence-corrected chi connectivity index (χ4v) is 6.38. The third kappa shape index (κ3) is 3.13. The van der Waals surface area contributed by atoms with Crippen molar-refractivity contribution in [2.45, 2.75) is 32.9 Å². The van der Waals surface area contributed by atoms with Gasteiger partial charge in [0.15, 0.2) is 15.5 Å². The van der Waals surface area contributed by atoms with Crippen molar-refractivity contribution < 1.29 is 13.2 Å². The Balaban J connectivity index is 1.46. The number of H-pyrrole nitrogens is 1. The highest BCUT2D eigenvalue weighted by Crippen LogP contribution is 2.29. The quantitative estimate of drug-likeness (QED) is 0.686. The van der Waals surface area contributed by atoms with E-state index in [1.165, 1.54) is 4.52 Å². The normalized spacial score (nSPS) is 20.0. The first-order chi connectivity index (χ1) is 14.3. The van der Waals surface area contributed by atoms with Gasteiger partial charge in [0, 0.05) is 17.7 Å². The van der Waals surface area contributed by atoms with E-state index in [1.54, 1.807) is 4.90 Å². The van der Waals surface area contributed by atoms with E-state index in [1.807, 2.05) is 37.3 Å². The highest BCUT2D eigenvalue weighted by atomic mass is 32.2. The third-order valence-electron chi connectivity index (χ3n) is 6.04. The summed E-state index contributed by atoms with van der Waals surface area (Å²) in [4.78, 5) is 32.2. The predicted octanol–water partition coefficient (Wildman–Crippen LogP) is 1.67. The van der Waals surface area contributed by atoms with Crippen LogP contribution in [0.25, 0.3) is 16.8 Å². The van der Waals surface area contributed by atoms with Crippen molar-refractivity contribution in [3.63, 3.8) is 0 Å². The highest BCUT2D eigenvalue weighted by molar-refractivity contribution is 7.91. The summed E-state index contributed by atoms with van der Waals surface area (Å²) in [5, 5.41) is 3.11. The van der Waals surface area contributed by atoms with E-state index < -0.39 is 9.84 Å². The van der Waals surface area contributed by atoms with Crippen molar-refractivity contribution in [1.82, 2.24) is 19.5 Å². The van der Waals surface area contributed by atoms with E-state index in [-0.39, 0.29) is 48.4 Å². The van der Waals surface area contributed by atoms with Gasteiger partial charge in [0.2, 0.25) is 5.91 Å². The Hall–Kier alpha value is -2.94. The molecule has 8 nitrogen and oxygen atoms in total. The maximum Gasteiger partial charge on any atom is 0.278 e. The zero-order chi connectivity index (χ0) is 21.0. The largest absolute Gasteiger partial charge is 0.332 e. The smallest absolute Gasteiger partial charge is 0.278 e. The summed E-state index contributed by atoms with van der Waals surface area (Å²) in [5.74, 6) is -0.0336. The number of nitrogens with zero attached hydrogens (tertiary/aromatic N) is 3. The summed E-state index contributed by atoms with van der Waals surface area (Å²) in [5.41, 5.74) is 4.18. The third-order valence-corrected chi connectivity index (χ3v) is 7.87. The van der Waals surface area contributed by atoms with Crippen LogP contribution in [0.4, 0.5) is 0 Å².